The van der Waals surface area contributed by atoms with Crippen molar-refractivity contribution < 1.29 is 9.59 Å². The molecule has 0 aromatic heterocycles. The Morgan fingerprint density at radius 1 is 1.19 bits per heavy atom. The largest absolute Gasteiger partial charge is 0.310 e. The molecule has 2 aliphatic rings. The molecule has 3 unspecified atom stereocenters. The van der Waals surface area contributed by atoms with Crippen LogP contribution in [0.5, 0.6) is 0 Å². The van der Waals surface area contributed by atoms with Gasteiger partial charge in [-0.2, -0.15) is 0 Å². The van der Waals surface area contributed by atoms with Gasteiger partial charge in [0.05, 0.1) is 5.92 Å². The van der Waals surface area contributed by atoms with Crippen LogP contribution >= 0.6 is 0 Å². The summed E-state index contributed by atoms with van der Waals surface area (Å²) in [4.78, 5) is 26.2. The third-order valence-corrected chi connectivity index (χ3v) is 4.56. The molecule has 0 radical (unpaired) electrons. The number of imide groups is 1. The van der Waals surface area contributed by atoms with Crippen LogP contribution in [0, 0.1) is 0 Å². The van der Waals surface area contributed by atoms with Crippen molar-refractivity contribution >= 4 is 11.8 Å². The van der Waals surface area contributed by atoms with Crippen molar-refractivity contribution in [2.45, 2.75) is 50.6 Å². The first-order valence-corrected chi connectivity index (χ1v) is 7.80. The van der Waals surface area contributed by atoms with Gasteiger partial charge in [0.25, 0.3) is 0 Å². The molecule has 0 aliphatic carbocycles. The molecule has 0 bridgehead atoms. The molecule has 4 heteroatoms. The van der Waals surface area contributed by atoms with Crippen molar-refractivity contribution in [1.82, 2.24) is 10.2 Å². The molecule has 2 fully saturated rings. The van der Waals surface area contributed by atoms with Gasteiger partial charge in [-0.1, -0.05) is 36.8 Å². The molecule has 2 aliphatic heterocycles. The minimum absolute atomic E-state index is 0.0334. The number of benzene rings is 1. The molecule has 1 aromatic carbocycles. The Morgan fingerprint density at radius 3 is 2.67 bits per heavy atom. The molecule has 2 saturated heterocycles. The van der Waals surface area contributed by atoms with E-state index < -0.39 is 0 Å². The highest BCUT2D eigenvalue weighted by Crippen LogP contribution is 2.30. The molecule has 2 amide bonds. The first-order chi connectivity index (χ1) is 10.1. The van der Waals surface area contributed by atoms with Crippen LogP contribution < -0.4 is 5.32 Å². The molecule has 3 rings (SSSR count). The first kappa shape index (κ1) is 14.3. The van der Waals surface area contributed by atoms with Crippen LogP contribution in [0.15, 0.2) is 30.3 Å². The lowest BCUT2D eigenvalue weighted by Crippen LogP contribution is -2.48. The predicted molar refractivity (Wildman–Crippen MR) is 80.8 cm³/mol. The summed E-state index contributed by atoms with van der Waals surface area (Å²) in [7, 11) is 0. The number of rotatable bonds is 3. The summed E-state index contributed by atoms with van der Waals surface area (Å²) >= 11 is 0. The number of nitrogens with one attached hydrogen (secondary N) is 1. The third kappa shape index (κ3) is 3.00. The van der Waals surface area contributed by atoms with E-state index in [2.05, 4.69) is 12.2 Å². The average molecular weight is 286 g/mol. The van der Waals surface area contributed by atoms with Crippen molar-refractivity contribution in [3.8, 4) is 0 Å². The van der Waals surface area contributed by atoms with Gasteiger partial charge >= 0.3 is 0 Å². The lowest BCUT2D eigenvalue weighted by molar-refractivity contribution is -0.139. The Bertz CT molecular complexity index is 529. The molecule has 1 N–H and O–H groups in total. The van der Waals surface area contributed by atoms with Gasteiger partial charge in [0.15, 0.2) is 0 Å². The lowest BCUT2D eigenvalue weighted by Gasteiger charge is -2.31. The van der Waals surface area contributed by atoms with Crippen molar-refractivity contribution in [3.63, 3.8) is 0 Å². The summed E-state index contributed by atoms with van der Waals surface area (Å²) < 4.78 is 0. The van der Waals surface area contributed by atoms with Crippen molar-refractivity contribution in [2.75, 3.05) is 6.54 Å². The molecular weight excluding hydrogens is 264 g/mol. The van der Waals surface area contributed by atoms with E-state index in [1.54, 1.807) is 0 Å². The summed E-state index contributed by atoms with van der Waals surface area (Å²) in [5.74, 6) is -0.361. The molecule has 0 spiro atoms. The molecular formula is C17H22N2O2. The van der Waals surface area contributed by atoms with E-state index in [-0.39, 0.29) is 23.8 Å². The zero-order valence-corrected chi connectivity index (χ0v) is 12.4. The maximum absolute atomic E-state index is 12.5. The van der Waals surface area contributed by atoms with Gasteiger partial charge in [-0.05, 0) is 25.3 Å². The van der Waals surface area contributed by atoms with Crippen molar-refractivity contribution in [2.24, 2.45) is 0 Å². The summed E-state index contributed by atoms with van der Waals surface area (Å²) in [5, 5.41) is 3.49. The number of likely N-dealkylation sites (tertiary alicyclic amines) is 1. The summed E-state index contributed by atoms with van der Waals surface area (Å²) in [6.45, 7) is 2.68. The van der Waals surface area contributed by atoms with Gasteiger partial charge in [-0.15, -0.1) is 0 Å². The molecule has 4 nitrogen and oxygen atoms in total. The van der Waals surface area contributed by atoms with E-state index in [9.17, 15) is 9.59 Å². The fourth-order valence-corrected chi connectivity index (χ4v) is 3.42. The fraction of sp³-hybridized carbons (Fsp3) is 0.529. The maximum atomic E-state index is 12.5. The van der Waals surface area contributed by atoms with Crippen LogP contribution in [-0.4, -0.2) is 35.3 Å². The Hall–Kier alpha value is -1.68. The van der Waals surface area contributed by atoms with Gasteiger partial charge < -0.3 is 5.32 Å². The van der Waals surface area contributed by atoms with Crippen LogP contribution in [0.3, 0.4) is 0 Å². The fourth-order valence-electron chi connectivity index (χ4n) is 3.42. The van der Waals surface area contributed by atoms with E-state index in [0.717, 1.165) is 18.4 Å². The Morgan fingerprint density at radius 2 is 1.95 bits per heavy atom. The summed E-state index contributed by atoms with van der Waals surface area (Å²) in [6.07, 6.45) is 3.69. The topological polar surface area (TPSA) is 49.4 Å². The Kier molecular flexibility index (Phi) is 4.06. The van der Waals surface area contributed by atoms with Crippen LogP contribution in [0.25, 0.3) is 0 Å². The SMILES string of the molecule is CC1CCCC(CN2C(=O)CC(c3ccccc3)C2=O)N1. The second-order valence-electron chi connectivity index (χ2n) is 6.21. The number of carbonyl (C=O) groups is 2. The Labute approximate surface area is 125 Å². The maximum Gasteiger partial charge on any atom is 0.237 e. The molecule has 3 atom stereocenters. The van der Waals surface area contributed by atoms with Crippen LogP contribution in [-0.2, 0) is 9.59 Å². The number of hydrogen-bond acceptors (Lipinski definition) is 3. The Balaban J connectivity index is 1.69. The zero-order valence-electron chi connectivity index (χ0n) is 12.4. The molecule has 2 heterocycles. The second kappa shape index (κ2) is 5.98. The molecule has 21 heavy (non-hydrogen) atoms. The number of nitrogens with zero attached hydrogens (tertiary/aromatic N) is 1. The molecule has 1 aromatic rings. The molecule has 0 saturated carbocycles. The standard InChI is InChI=1S/C17H22N2O2/c1-12-6-5-9-14(18-12)11-19-16(20)10-15(17(19)21)13-7-3-2-4-8-13/h2-4,7-8,12,14-15,18H,5-6,9-11H2,1H3. The normalized spacial score (nSPS) is 30.0. The highest BCUT2D eigenvalue weighted by atomic mass is 16.2. The van der Waals surface area contributed by atoms with Gasteiger partial charge in [0.2, 0.25) is 11.8 Å². The number of carbonyl (C=O) groups excluding carboxylic acids is 2. The average Bonchev–Trinajstić information content (AvgIpc) is 2.76. The van der Waals surface area contributed by atoms with E-state index in [1.165, 1.54) is 11.3 Å². The monoisotopic (exact) mass is 286 g/mol. The van der Waals surface area contributed by atoms with Gasteiger partial charge in [0.1, 0.15) is 0 Å². The van der Waals surface area contributed by atoms with E-state index in [4.69, 9.17) is 0 Å². The van der Waals surface area contributed by atoms with E-state index in [0.29, 0.717) is 19.0 Å². The van der Waals surface area contributed by atoms with Gasteiger partial charge in [-0.3, -0.25) is 14.5 Å². The predicted octanol–water partition coefficient (Wildman–Crippen LogP) is 2.06. The summed E-state index contributed by atoms with van der Waals surface area (Å²) in [5.41, 5.74) is 0.948. The van der Waals surface area contributed by atoms with E-state index in [1.807, 2.05) is 30.3 Å². The third-order valence-electron chi connectivity index (χ3n) is 4.56. The summed E-state index contributed by atoms with van der Waals surface area (Å²) in [6, 6.07) is 10.3. The minimum atomic E-state index is -0.292. The van der Waals surface area contributed by atoms with Crippen LogP contribution in [0.4, 0.5) is 0 Å². The van der Waals surface area contributed by atoms with Gasteiger partial charge in [0, 0.05) is 25.0 Å². The highest BCUT2D eigenvalue weighted by molar-refractivity contribution is 6.06. The lowest BCUT2D eigenvalue weighted by atomic mass is 9.97. The quantitative estimate of drug-likeness (QED) is 0.865. The van der Waals surface area contributed by atoms with Crippen LogP contribution in [0.1, 0.15) is 44.1 Å². The first-order valence-electron chi connectivity index (χ1n) is 7.80. The van der Waals surface area contributed by atoms with E-state index >= 15 is 0 Å². The van der Waals surface area contributed by atoms with Crippen molar-refractivity contribution in [3.05, 3.63) is 35.9 Å². The number of hydrogen-bond donors (Lipinski definition) is 1. The zero-order chi connectivity index (χ0) is 14.8. The highest BCUT2D eigenvalue weighted by Gasteiger charge is 2.40. The number of amides is 2. The second-order valence-corrected chi connectivity index (χ2v) is 6.21. The molecule has 112 valence electrons. The van der Waals surface area contributed by atoms with Crippen molar-refractivity contribution in [1.29, 1.82) is 0 Å². The van der Waals surface area contributed by atoms with Crippen LogP contribution in [0.2, 0.25) is 0 Å². The van der Waals surface area contributed by atoms with Gasteiger partial charge in [-0.25, -0.2) is 0 Å². The number of piperidine rings is 1. The smallest absolute Gasteiger partial charge is 0.237 e. The minimum Gasteiger partial charge on any atom is -0.310 e.